The Bertz CT molecular complexity index is 463. The van der Waals surface area contributed by atoms with Crippen LogP contribution in [0.4, 0.5) is 5.69 Å². The van der Waals surface area contributed by atoms with Crippen molar-refractivity contribution in [1.29, 1.82) is 5.26 Å². The van der Waals surface area contributed by atoms with Crippen LogP contribution in [0.2, 0.25) is 0 Å². The summed E-state index contributed by atoms with van der Waals surface area (Å²) in [4.78, 5) is 2.42. The number of hydrogen-bond donors (Lipinski definition) is 1. The molecule has 0 amide bonds. The first-order valence-electron chi connectivity index (χ1n) is 7.35. The summed E-state index contributed by atoms with van der Waals surface area (Å²) in [5, 5.41) is 12.6. The third kappa shape index (κ3) is 2.74. The Kier molecular flexibility index (Phi) is 3.70. The highest BCUT2D eigenvalue weighted by molar-refractivity contribution is 5.51. The molecule has 2 aliphatic heterocycles. The van der Waals surface area contributed by atoms with Gasteiger partial charge in [0, 0.05) is 24.8 Å². The van der Waals surface area contributed by atoms with E-state index in [0.29, 0.717) is 0 Å². The van der Waals surface area contributed by atoms with Gasteiger partial charge < -0.3 is 10.2 Å². The lowest BCUT2D eigenvalue weighted by atomic mass is 9.88. The van der Waals surface area contributed by atoms with Gasteiger partial charge in [-0.05, 0) is 56.3 Å². The largest absolute Gasteiger partial charge is 0.371 e. The molecule has 100 valence electrons. The van der Waals surface area contributed by atoms with E-state index < -0.39 is 0 Å². The van der Waals surface area contributed by atoms with Gasteiger partial charge >= 0.3 is 0 Å². The third-order valence-electron chi connectivity index (χ3n) is 4.55. The molecule has 1 N–H and O–H groups in total. The summed E-state index contributed by atoms with van der Waals surface area (Å²) in [6.07, 6.45) is 5.24. The Morgan fingerprint density at radius 1 is 1.21 bits per heavy atom. The Morgan fingerprint density at radius 2 is 2.05 bits per heavy atom. The van der Waals surface area contributed by atoms with E-state index >= 15 is 0 Å². The normalized spacial score (nSPS) is 24.4. The lowest BCUT2D eigenvalue weighted by Gasteiger charge is -2.36. The zero-order valence-corrected chi connectivity index (χ0v) is 11.3. The van der Waals surface area contributed by atoms with E-state index in [1.807, 2.05) is 18.2 Å². The van der Waals surface area contributed by atoms with Gasteiger partial charge in [-0.25, -0.2) is 0 Å². The van der Waals surface area contributed by atoms with Crippen LogP contribution in [0, 0.1) is 17.2 Å². The van der Waals surface area contributed by atoms with Crippen molar-refractivity contribution < 1.29 is 0 Å². The molecule has 1 atom stereocenters. The van der Waals surface area contributed by atoms with Crippen LogP contribution in [0.3, 0.4) is 0 Å². The van der Waals surface area contributed by atoms with E-state index in [2.05, 4.69) is 22.4 Å². The van der Waals surface area contributed by atoms with Gasteiger partial charge in [0.2, 0.25) is 0 Å². The minimum absolute atomic E-state index is 0.757. The molecule has 3 nitrogen and oxygen atoms in total. The van der Waals surface area contributed by atoms with Gasteiger partial charge in [0.15, 0.2) is 0 Å². The lowest BCUT2D eigenvalue weighted by molar-refractivity contribution is 0.319. The highest BCUT2D eigenvalue weighted by Crippen LogP contribution is 2.28. The van der Waals surface area contributed by atoms with E-state index in [1.54, 1.807) is 0 Å². The molecule has 0 bridgehead atoms. The predicted octanol–water partition coefficient (Wildman–Crippen LogP) is 2.53. The number of nitrogens with one attached hydrogen (secondary N) is 1. The van der Waals surface area contributed by atoms with Crippen molar-refractivity contribution in [2.24, 2.45) is 5.92 Å². The molecule has 3 rings (SSSR count). The zero-order chi connectivity index (χ0) is 13.1. The van der Waals surface area contributed by atoms with Crippen molar-refractivity contribution >= 4 is 5.69 Å². The summed E-state index contributed by atoms with van der Waals surface area (Å²) in [5.74, 6) is 0.845. The maximum absolute atomic E-state index is 8.97. The van der Waals surface area contributed by atoms with Crippen molar-refractivity contribution in [2.45, 2.75) is 31.7 Å². The van der Waals surface area contributed by atoms with Crippen molar-refractivity contribution in [2.75, 3.05) is 24.5 Å². The summed E-state index contributed by atoms with van der Waals surface area (Å²) >= 11 is 0. The number of piperidine rings is 1. The van der Waals surface area contributed by atoms with Gasteiger partial charge in [0.25, 0.3) is 0 Å². The molecular weight excluding hydrogens is 234 g/mol. The Morgan fingerprint density at radius 3 is 2.74 bits per heavy atom. The molecule has 2 aliphatic rings. The van der Waals surface area contributed by atoms with Gasteiger partial charge in [-0.1, -0.05) is 6.07 Å². The van der Waals surface area contributed by atoms with E-state index in [-0.39, 0.29) is 0 Å². The van der Waals surface area contributed by atoms with Crippen molar-refractivity contribution in [3.8, 4) is 6.07 Å². The van der Waals surface area contributed by atoms with Crippen molar-refractivity contribution in [3.63, 3.8) is 0 Å². The maximum atomic E-state index is 8.97. The highest BCUT2D eigenvalue weighted by atomic mass is 15.1. The number of nitriles is 1. The molecule has 1 unspecified atom stereocenters. The van der Waals surface area contributed by atoms with Crippen LogP contribution in [0.25, 0.3) is 0 Å². The molecule has 2 saturated heterocycles. The first-order valence-corrected chi connectivity index (χ1v) is 7.35. The average Bonchev–Trinajstić information content (AvgIpc) is 3.02. The van der Waals surface area contributed by atoms with Crippen molar-refractivity contribution in [3.05, 3.63) is 29.8 Å². The number of benzene rings is 1. The molecule has 1 aromatic carbocycles. The Hall–Kier alpha value is -1.53. The smallest absolute Gasteiger partial charge is 0.0992 e. The standard InChI is InChI=1S/C16H21N3/c17-12-13-3-1-4-15(11-13)19-9-6-14(7-10-19)16-5-2-8-18-16/h1,3-4,11,14,16,18H,2,5-10H2. The second-order valence-electron chi connectivity index (χ2n) is 5.69. The van der Waals surface area contributed by atoms with Crippen LogP contribution in [0.15, 0.2) is 24.3 Å². The van der Waals surface area contributed by atoms with Crippen LogP contribution in [0.5, 0.6) is 0 Å². The molecule has 0 spiro atoms. The molecular formula is C16H21N3. The van der Waals surface area contributed by atoms with Crippen LogP contribution in [0.1, 0.15) is 31.2 Å². The van der Waals surface area contributed by atoms with E-state index in [9.17, 15) is 0 Å². The SMILES string of the molecule is N#Cc1cccc(N2CCC(C3CCCN3)CC2)c1. The molecule has 2 heterocycles. The van der Waals surface area contributed by atoms with E-state index in [0.717, 1.165) is 30.6 Å². The number of anilines is 1. The van der Waals surface area contributed by atoms with E-state index in [4.69, 9.17) is 5.26 Å². The summed E-state index contributed by atoms with van der Waals surface area (Å²) in [7, 11) is 0. The fraction of sp³-hybridized carbons (Fsp3) is 0.562. The first kappa shape index (κ1) is 12.5. The number of hydrogen-bond acceptors (Lipinski definition) is 3. The molecule has 3 heteroatoms. The summed E-state index contributed by atoms with van der Waals surface area (Å²) in [6, 6.07) is 11.0. The average molecular weight is 255 g/mol. The molecule has 2 fully saturated rings. The first-order chi connectivity index (χ1) is 9.36. The Balaban J connectivity index is 1.61. The van der Waals surface area contributed by atoms with E-state index in [1.165, 1.54) is 37.9 Å². The number of nitrogens with zero attached hydrogens (tertiary/aromatic N) is 2. The fourth-order valence-corrected chi connectivity index (χ4v) is 3.45. The summed E-state index contributed by atoms with van der Waals surface area (Å²) in [6.45, 7) is 3.45. The van der Waals surface area contributed by atoms with Crippen LogP contribution in [-0.4, -0.2) is 25.7 Å². The molecule has 1 aromatic rings. The predicted molar refractivity (Wildman–Crippen MR) is 77.1 cm³/mol. The fourth-order valence-electron chi connectivity index (χ4n) is 3.45. The van der Waals surface area contributed by atoms with Gasteiger partial charge in [-0.3, -0.25) is 0 Å². The van der Waals surface area contributed by atoms with Crippen LogP contribution in [-0.2, 0) is 0 Å². The van der Waals surface area contributed by atoms with Gasteiger partial charge in [-0.2, -0.15) is 5.26 Å². The highest BCUT2D eigenvalue weighted by Gasteiger charge is 2.28. The van der Waals surface area contributed by atoms with Gasteiger partial charge in [0.1, 0.15) is 0 Å². The van der Waals surface area contributed by atoms with Crippen molar-refractivity contribution in [1.82, 2.24) is 5.32 Å². The monoisotopic (exact) mass is 255 g/mol. The van der Waals surface area contributed by atoms with Gasteiger partial charge in [-0.15, -0.1) is 0 Å². The second kappa shape index (κ2) is 5.63. The molecule has 0 saturated carbocycles. The minimum Gasteiger partial charge on any atom is -0.371 e. The maximum Gasteiger partial charge on any atom is 0.0992 e. The quantitative estimate of drug-likeness (QED) is 0.882. The molecule has 0 radical (unpaired) electrons. The summed E-state index contributed by atoms with van der Waals surface area (Å²) < 4.78 is 0. The van der Waals surface area contributed by atoms with Gasteiger partial charge in [0.05, 0.1) is 11.6 Å². The summed E-state index contributed by atoms with van der Waals surface area (Å²) in [5.41, 5.74) is 1.97. The molecule has 0 aromatic heterocycles. The Labute approximate surface area is 115 Å². The third-order valence-corrected chi connectivity index (χ3v) is 4.55. The lowest BCUT2D eigenvalue weighted by Crippen LogP contribution is -2.40. The van der Waals surface area contributed by atoms with Crippen LogP contribution >= 0.6 is 0 Å². The molecule has 0 aliphatic carbocycles. The van der Waals surface area contributed by atoms with Crippen LogP contribution < -0.4 is 10.2 Å². The minimum atomic E-state index is 0.757. The zero-order valence-electron chi connectivity index (χ0n) is 11.3. The number of rotatable bonds is 2. The second-order valence-corrected chi connectivity index (χ2v) is 5.69. The molecule has 19 heavy (non-hydrogen) atoms. The topological polar surface area (TPSA) is 39.1 Å².